The predicted octanol–water partition coefficient (Wildman–Crippen LogP) is 5.31. The van der Waals surface area contributed by atoms with Crippen LogP contribution in [0.25, 0.3) is 0 Å². The number of carbonyl (C=O) groups is 1. The normalized spacial score (nSPS) is 10.5. The number of amides is 1. The molecule has 0 spiro atoms. The summed E-state index contributed by atoms with van der Waals surface area (Å²) in [5, 5.41) is 2.05. The first-order valence-corrected chi connectivity index (χ1v) is 8.66. The lowest BCUT2D eigenvalue weighted by molar-refractivity contribution is 0.0784. The third kappa shape index (κ3) is 3.90. The highest BCUT2D eigenvalue weighted by Gasteiger charge is 2.15. The maximum absolute atomic E-state index is 12.4. The van der Waals surface area contributed by atoms with Crippen LogP contribution in [-0.4, -0.2) is 17.9 Å². The SMILES string of the molecule is CN(Cc1csc(Br)c1)C(=O)c1ccc(Br)cc1Br. The molecule has 1 aromatic carbocycles. The summed E-state index contributed by atoms with van der Waals surface area (Å²) >= 11 is 11.9. The van der Waals surface area contributed by atoms with Crippen LogP contribution < -0.4 is 0 Å². The lowest BCUT2D eigenvalue weighted by Gasteiger charge is -2.17. The van der Waals surface area contributed by atoms with Crippen LogP contribution in [0, 0.1) is 0 Å². The van der Waals surface area contributed by atoms with Crippen molar-refractivity contribution in [1.82, 2.24) is 4.90 Å². The zero-order valence-corrected chi connectivity index (χ0v) is 15.6. The fraction of sp³-hybridized carbons (Fsp3) is 0.154. The average Bonchev–Trinajstić information content (AvgIpc) is 2.74. The molecule has 0 bridgehead atoms. The number of rotatable bonds is 3. The van der Waals surface area contributed by atoms with E-state index in [0.717, 1.165) is 18.3 Å². The molecule has 0 aliphatic heterocycles. The largest absolute Gasteiger partial charge is 0.337 e. The molecule has 1 heterocycles. The van der Waals surface area contributed by atoms with Gasteiger partial charge in [0.05, 0.1) is 9.35 Å². The fourth-order valence-electron chi connectivity index (χ4n) is 1.64. The lowest BCUT2D eigenvalue weighted by atomic mass is 10.2. The minimum Gasteiger partial charge on any atom is -0.337 e. The summed E-state index contributed by atoms with van der Waals surface area (Å²) in [5.41, 5.74) is 1.79. The van der Waals surface area contributed by atoms with Gasteiger partial charge in [-0.15, -0.1) is 11.3 Å². The van der Waals surface area contributed by atoms with Crippen LogP contribution in [0.3, 0.4) is 0 Å². The minimum atomic E-state index is 0.00157. The maximum Gasteiger partial charge on any atom is 0.255 e. The molecular weight excluding hydrogens is 458 g/mol. The first-order chi connectivity index (χ1) is 8.97. The van der Waals surface area contributed by atoms with Gasteiger partial charge in [-0.05, 0) is 67.1 Å². The third-order valence-electron chi connectivity index (χ3n) is 2.55. The Hall–Kier alpha value is -0.170. The summed E-state index contributed by atoms with van der Waals surface area (Å²) in [4.78, 5) is 14.1. The molecule has 6 heteroatoms. The molecule has 1 amide bonds. The molecule has 2 aromatic rings. The topological polar surface area (TPSA) is 20.3 Å². The maximum atomic E-state index is 12.4. The highest BCUT2D eigenvalue weighted by atomic mass is 79.9. The molecule has 0 fully saturated rings. The van der Waals surface area contributed by atoms with E-state index in [4.69, 9.17) is 0 Å². The van der Waals surface area contributed by atoms with E-state index in [0.29, 0.717) is 12.1 Å². The van der Waals surface area contributed by atoms with Gasteiger partial charge >= 0.3 is 0 Å². The van der Waals surface area contributed by atoms with Gasteiger partial charge in [0.25, 0.3) is 5.91 Å². The molecular formula is C13H10Br3NOS. The third-order valence-corrected chi connectivity index (χ3v) is 5.25. The second kappa shape index (κ2) is 6.52. The summed E-state index contributed by atoms with van der Waals surface area (Å²) in [6, 6.07) is 7.59. The van der Waals surface area contributed by atoms with Crippen LogP contribution in [0.4, 0.5) is 0 Å². The second-order valence-electron chi connectivity index (χ2n) is 4.04. The quantitative estimate of drug-likeness (QED) is 0.599. The predicted molar refractivity (Wildman–Crippen MR) is 89.7 cm³/mol. The smallest absolute Gasteiger partial charge is 0.255 e. The van der Waals surface area contributed by atoms with E-state index >= 15 is 0 Å². The van der Waals surface area contributed by atoms with Crippen LogP contribution in [0.1, 0.15) is 15.9 Å². The van der Waals surface area contributed by atoms with Crippen LogP contribution in [0.2, 0.25) is 0 Å². The average molecular weight is 468 g/mol. The molecule has 0 aliphatic rings. The van der Waals surface area contributed by atoms with Gasteiger partial charge in [0.2, 0.25) is 0 Å². The van der Waals surface area contributed by atoms with Crippen LogP contribution in [0.5, 0.6) is 0 Å². The summed E-state index contributed by atoms with van der Waals surface area (Å²) in [6.07, 6.45) is 0. The van der Waals surface area contributed by atoms with Crippen molar-refractivity contribution in [1.29, 1.82) is 0 Å². The van der Waals surface area contributed by atoms with Crippen molar-refractivity contribution in [3.63, 3.8) is 0 Å². The van der Waals surface area contributed by atoms with Gasteiger partial charge in [-0.25, -0.2) is 0 Å². The Balaban J connectivity index is 2.14. The number of halogens is 3. The molecule has 0 radical (unpaired) electrons. The van der Waals surface area contributed by atoms with E-state index in [1.165, 1.54) is 0 Å². The molecule has 19 heavy (non-hydrogen) atoms. The molecule has 1 aromatic heterocycles. The van der Waals surface area contributed by atoms with Gasteiger partial charge in [-0.2, -0.15) is 0 Å². The number of thiophene rings is 1. The van der Waals surface area contributed by atoms with Gasteiger partial charge in [-0.3, -0.25) is 4.79 Å². The molecule has 0 saturated carbocycles. The lowest BCUT2D eigenvalue weighted by Crippen LogP contribution is -2.26. The van der Waals surface area contributed by atoms with Gasteiger partial charge in [0.1, 0.15) is 0 Å². The molecule has 0 aliphatic carbocycles. The van der Waals surface area contributed by atoms with E-state index < -0.39 is 0 Å². The molecule has 0 atom stereocenters. The Morgan fingerprint density at radius 2 is 2.00 bits per heavy atom. The zero-order valence-electron chi connectivity index (χ0n) is 9.99. The number of hydrogen-bond acceptors (Lipinski definition) is 2. The molecule has 2 nitrogen and oxygen atoms in total. The van der Waals surface area contributed by atoms with Gasteiger partial charge in [0, 0.05) is 22.5 Å². The fourth-order valence-corrected chi connectivity index (χ4v) is 4.06. The van der Waals surface area contributed by atoms with Crippen molar-refractivity contribution in [2.75, 3.05) is 7.05 Å². The summed E-state index contributed by atoms with van der Waals surface area (Å²) in [6.45, 7) is 0.601. The molecule has 0 N–H and O–H groups in total. The Bertz CT molecular complexity index is 612. The van der Waals surface area contributed by atoms with Gasteiger partial charge < -0.3 is 4.90 Å². The van der Waals surface area contributed by atoms with E-state index in [9.17, 15) is 4.79 Å². The molecule has 100 valence electrons. The van der Waals surface area contributed by atoms with Crippen molar-refractivity contribution < 1.29 is 4.79 Å². The summed E-state index contributed by atoms with van der Waals surface area (Å²) in [7, 11) is 1.81. The van der Waals surface area contributed by atoms with Crippen molar-refractivity contribution in [2.24, 2.45) is 0 Å². The summed E-state index contributed by atoms with van der Waals surface area (Å²) < 4.78 is 2.82. The monoisotopic (exact) mass is 465 g/mol. The Morgan fingerprint density at radius 3 is 2.58 bits per heavy atom. The van der Waals surface area contributed by atoms with Gasteiger partial charge in [-0.1, -0.05) is 15.9 Å². The van der Waals surface area contributed by atoms with Gasteiger partial charge in [0.15, 0.2) is 0 Å². The van der Waals surface area contributed by atoms with Crippen molar-refractivity contribution in [3.05, 3.63) is 53.5 Å². The highest BCUT2D eigenvalue weighted by molar-refractivity contribution is 9.11. The van der Waals surface area contributed by atoms with E-state index in [1.807, 2.05) is 36.7 Å². The first-order valence-electron chi connectivity index (χ1n) is 5.41. The Kier molecular flexibility index (Phi) is 5.22. The number of nitrogens with zero attached hydrogens (tertiary/aromatic N) is 1. The van der Waals surface area contributed by atoms with E-state index in [-0.39, 0.29) is 5.91 Å². The zero-order chi connectivity index (χ0) is 14.0. The van der Waals surface area contributed by atoms with Crippen molar-refractivity contribution in [2.45, 2.75) is 6.54 Å². The van der Waals surface area contributed by atoms with Crippen molar-refractivity contribution >= 4 is 65.0 Å². The van der Waals surface area contributed by atoms with Crippen molar-refractivity contribution in [3.8, 4) is 0 Å². The highest BCUT2D eigenvalue weighted by Crippen LogP contribution is 2.25. The second-order valence-corrected chi connectivity index (χ2v) is 8.10. The van der Waals surface area contributed by atoms with Crippen LogP contribution >= 0.6 is 59.1 Å². The first kappa shape index (κ1) is 15.2. The van der Waals surface area contributed by atoms with E-state index in [2.05, 4.69) is 47.8 Å². The molecule has 2 rings (SSSR count). The summed E-state index contributed by atoms with van der Waals surface area (Å²) in [5.74, 6) is 0.00157. The Labute approximate surface area is 141 Å². The number of benzene rings is 1. The van der Waals surface area contributed by atoms with Crippen LogP contribution in [-0.2, 0) is 6.54 Å². The van der Waals surface area contributed by atoms with E-state index in [1.54, 1.807) is 16.2 Å². The standard InChI is InChI=1S/C13H10Br3NOS/c1-17(6-8-4-12(16)19-7-8)13(18)10-3-2-9(14)5-11(10)15/h2-5,7H,6H2,1H3. The van der Waals surface area contributed by atoms with Crippen LogP contribution in [0.15, 0.2) is 42.4 Å². The Morgan fingerprint density at radius 1 is 1.26 bits per heavy atom. The molecule has 0 saturated heterocycles. The molecule has 0 unspecified atom stereocenters. The number of carbonyl (C=O) groups excluding carboxylic acids is 1. The minimum absolute atomic E-state index is 0.00157. The number of hydrogen-bond donors (Lipinski definition) is 0.